The molecule has 0 spiro atoms. The summed E-state index contributed by atoms with van der Waals surface area (Å²) in [5.74, 6) is -5.39. The van der Waals surface area contributed by atoms with E-state index in [2.05, 4.69) is 0 Å². The molecule has 0 amide bonds. The summed E-state index contributed by atoms with van der Waals surface area (Å²) in [6, 6.07) is 6.50. The fourth-order valence-electron chi connectivity index (χ4n) is 2.36. The monoisotopic (exact) mass is 279 g/mol. The lowest BCUT2D eigenvalue weighted by Gasteiger charge is -2.31. The molecule has 0 saturated heterocycles. The van der Waals surface area contributed by atoms with Crippen LogP contribution in [0.5, 0.6) is 0 Å². The van der Waals surface area contributed by atoms with Crippen LogP contribution in [-0.4, -0.2) is 18.4 Å². The summed E-state index contributed by atoms with van der Waals surface area (Å²) in [7, 11) is 0. The maximum Gasteiger partial charge on any atom is 0.317 e. The Labute approximate surface area is 117 Å². The van der Waals surface area contributed by atoms with Crippen LogP contribution in [-0.2, 0) is 26.5 Å². The molecular formula is C15H18FNO3. The number of alkyl halides is 1. The largest absolute Gasteiger partial charge is 0.465 e. The first kappa shape index (κ1) is 14.7. The first-order valence-corrected chi connectivity index (χ1v) is 6.75. The Kier molecular flexibility index (Phi) is 4.18. The first-order chi connectivity index (χ1) is 9.48. The number of carbonyl (C=O) groups excluding carboxylic acids is 2. The second-order valence-electron chi connectivity index (χ2n) is 5.01. The van der Waals surface area contributed by atoms with E-state index < -0.39 is 23.5 Å². The number of ether oxygens (including phenoxy) is 1. The van der Waals surface area contributed by atoms with Gasteiger partial charge in [-0.05, 0) is 18.4 Å². The third-order valence-corrected chi connectivity index (χ3v) is 3.54. The minimum Gasteiger partial charge on any atom is -0.465 e. The molecule has 0 aromatic heterocycles. The summed E-state index contributed by atoms with van der Waals surface area (Å²) < 4.78 is 19.5. The van der Waals surface area contributed by atoms with Gasteiger partial charge in [-0.1, -0.05) is 37.6 Å². The summed E-state index contributed by atoms with van der Waals surface area (Å²) in [4.78, 5) is 24.0. The van der Waals surface area contributed by atoms with Gasteiger partial charge in [-0.3, -0.25) is 15.3 Å². The van der Waals surface area contributed by atoms with E-state index in [0.717, 1.165) is 6.42 Å². The molecule has 2 rings (SSSR count). The lowest BCUT2D eigenvalue weighted by molar-refractivity contribution is -0.156. The summed E-state index contributed by atoms with van der Waals surface area (Å²) >= 11 is 0. The number of benzene rings is 1. The minimum atomic E-state index is -2.62. The predicted octanol–water partition coefficient (Wildman–Crippen LogP) is 1.85. The van der Waals surface area contributed by atoms with Gasteiger partial charge in [-0.25, -0.2) is 4.39 Å². The van der Waals surface area contributed by atoms with Crippen molar-refractivity contribution in [1.82, 2.24) is 0 Å². The molecule has 2 atom stereocenters. The van der Waals surface area contributed by atoms with E-state index in [4.69, 9.17) is 10.5 Å². The van der Waals surface area contributed by atoms with Gasteiger partial charge in [0.2, 0.25) is 11.6 Å². The minimum absolute atomic E-state index is 0.141. The number of unbranched alkanes of at least 4 members (excludes halogenated alkanes) is 1. The van der Waals surface area contributed by atoms with Gasteiger partial charge in [0, 0.05) is 5.56 Å². The summed E-state index contributed by atoms with van der Waals surface area (Å²) in [6.45, 7) is 2.20. The van der Waals surface area contributed by atoms with Gasteiger partial charge < -0.3 is 4.74 Å². The lowest BCUT2D eigenvalue weighted by atomic mass is 9.78. The maximum absolute atomic E-state index is 14.5. The quantitative estimate of drug-likeness (QED) is 0.395. The van der Waals surface area contributed by atoms with Gasteiger partial charge in [-0.2, -0.15) is 0 Å². The molecule has 108 valence electrons. The van der Waals surface area contributed by atoms with Crippen LogP contribution in [0.25, 0.3) is 0 Å². The zero-order valence-electron chi connectivity index (χ0n) is 11.4. The van der Waals surface area contributed by atoms with Gasteiger partial charge in [0.15, 0.2) is 0 Å². The highest BCUT2D eigenvalue weighted by Gasteiger charge is 2.49. The van der Waals surface area contributed by atoms with E-state index in [1.807, 2.05) is 6.92 Å². The fourth-order valence-corrected chi connectivity index (χ4v) is 2.36. The number of hydrogen-bond acceptors (Lipinski definition) is 4. The van der Waals surface area contributed by atoms with Gasteiger partial charge in [-0.15, -0.1) is 0 Å². The Morgan fingerprint density at radius 2 is 2.20 bits per heavy atom. The van der Waals surface area contributed by atoms with Crippen molar-refractivity contribution in [1.29, 1.82) is 0 Å². The number of esters is 1. The molecule has 0 saturated carbocycles. The SMILES string of the molecule is CCCCOC(=O)C1Cc2ccccc2C(N)(F)C1=O. The molecule has 1 aliphatic rings. The topological polar surface area (TPSA) is 69.4 Å². The van der Waals surface area contributed by atoms with Crippen molar-refractivity contribution >= 4 is 11.8 Å². The lowest BCUT2D eigenvalue weighted by Crippen LogP contribution is -2.51. The number of hydrogen-bond donors (Lipinski definition) is 1. The van der Waals surface area contributed by atoms with Crippen LogP contribution in [0.4, 0.5) is 4.39 Å². The second-order valence-corrected chi connectivity index (χ2v) is 5.01. The van der Waals surface area contributed by atoms with Crippen LogP contribution in [0.2, 0.25) is 0 Å². The van der Waals surface area contributed by atoms with Crippen molar-refractivity contribution in [2.45, 2.75) is 32.0 Å². The summed E-state index contributed by atoms with van der Waals surface area (Å²) in [5.41, 5.74) is 6.21. The number of rotatable bonds is 4. The van der Waals surface area contributed by atoms with Crippen molar-refractivity contribution in [3.05, 3.63) is 35.4 Å². The van der Waals surface area contributed by atoms with Crippen LogP contribution in [0.15, 0.2) is 24.3 Å². The molecule has 0 radical (unpaired) electrons. The van der Waals surface area contributed by atoms with Gasteiger partial charge >= 0.3 is 5.97 Å². The van der Waals surface area contributed by atoms with Crippen molar-refractivity contribution < 1.29 is 18.7 Å². The molecule has 0 fully saturated rings. The van der Waals surface area contributed by atoms with Crippen molar-refractivity contribution in [3.8, 4) is 0 Å². The molecule has 1 aromatic rings. The van der Waals surface area contributed by atoms with E-state index in [9.17, 15) is 14.0 Å². The number of nitrogens with two attached hydrogens (primary N) is 1. The molecular weight excluding hydrogens is 261 g/mol. The van der Waals surface area contributed by atoms with E-state index in [1.54, 1.807) is 18.2 Å². The maximum atomic E-state index is 14.5. The molecule has 0 aliphatic heterocycles. The third kappa shape index (κ3) is 2.58. The first-order valence-electron chi connectivity index (χ1n) is 6.75. The van der Waals surface area contributed by atoms with Crippen LogP contribution in [0, 0.1) is 5.92 Å². The summed E-state index contributed by atoms with van der Waals surface area (Å²) in [5, 5.41) is 0. The predicted molar refractivity (Wildman–Crippen MR) is 71.5 cm³/mol. The Morgan fingerprint density at radius 1 is 1.50 bits per heavy atom. The standard InChI is InChI=1S/C15H18FNO3/c1-2-3-8-20-14(19)11-9-10-6-4-5-7-12(10)15(16,17)13(11)18/h4-7,11H,2-3,8-9,17H2,1H3. The average molecular weight is 279 g/mol. The smallest absolute Gasteiger partial charge is 0.317 e. The van der Waals surface area contributed by atoms with Crippen molar-refractivity contribution in [2.75, 3.05) is 6.61 Å². The van der Waals surface area contributed by atoms with E-state index in [1.165, 1.54) is 6.07 Å². The third-order valence-electron chi connectivity index (χ3n) is 3.54. The molecule has 0 bridgehead atoms. The molecule has 4 nitrogen and oxygen atoms in total. The van der Waals surface area contributed by atoms with Gasteiger partial charge in [0.1, 0.15) is 5.92 Å². The Balaban J connectivity index is 2.22. The van der Waals surface area contributed by atoms with Crippen LogP contribution >= 0.6 is 0 Å². The molecule has 2 unspecified atom stereocenters. The highest BCUT2D eigenvalue weighted by Crippen LogP contribution is 2.35. The fraction of sp³-hybridized carbons (Fsp3) is 0.467. The average Bonchev–Trinajstić information content (AvgIpc) is 2.43. The second kappa shape index (κ2) is 5.71. The number of halogens is 1. The molecule has 1 aromatic carbocycles. The van der Waals surface area contributed by atoms with Crippen LogP contribution in [0.3, 0.4) is 0 Å². The summed E-state index contributed by atoms with van der Waals surface area (Å²) in [6.07, 6.45) is 1.73. The number of carbonyl (C=O) groups is 2. The van der Waals surface area contributed by atoms with Crippen molar-refractivity contribution in [3.63, 3.8) is 0 Å². The Hall–Kier alpha value is -1.75. The normalized spacial score (nSPS) is 25.1. The highest BCUT2D eigenvalue weighted by atomic mass is 19.1. The molecule has 0 heterocycles. The molecule has 5 heteroatoms. The Morgan fingerprint density at radius 3 is 2.90 bits per heavy atom. The zero-order chi connectivity index (χ0) is 14.8. The number of fused-ring (bicyclic) bond motifs is 1. The molecule has 2 N–H and O–H groups in total. The van der Waals surface area contributed by atoms with E-state index in [-0.39, 0.29) is 18.6 Å². The molecule has 1 aliphatic carbocycles. The highest BCUT2D eigenvalue weighted by molar-refractivity contribution is 6.05. The van der Waals surface area contributed by atoms with Crippen LogP contribution in [0.1, 0.15) is 30.9 Å². The number of Topliss-reactive ketones (excluding diaryl/α,β-unsaturated/α-hetero) is 1. The van der Waals surface area contributed by atoms with E-state index in [0.29, 0.717) is 12.0 Å². The zero-order valence-corrected chi connectivity index (χ0v) is 11.4. The van der Waals surface area contributed by atoms with Gasteiger partial charge in [0.05, 0.1) is 6.61 Å². The number of ketones is 1. The molecule has 20 heavy (non-hydrogen) atoms. The van der Waals surface area contributed by atoms with Crippen molar-refractivity contribution in [2.24, 2.45) is 11.7 Å². The Bertz CT molecular complexity index is 528. The van der Waals surface area contributed by atoms with E-state index >= 15 is 0 Å². The van der Waals surface area contributed by atoms with Crippen LogP contribution < -0.4 is 5.73 Å². The van der Waals surface area contributed by atoms with Gasteiger partial charge in [0.25, 0.3) is 0 Å².